The summed E-state index contributed by atoms with van der Waals surface area (Å²) in [5.74, 6) is 8.92. The van der Waals surface area contributed by atoms with Gasteiger partial charge in [0.05, 0.1) is 16.9 Å². The van der Waals surface area contributed by atoms with Gasteiger partial charge in [-0.2, -0.15) is 0 Å². The number of benzene rings is 5. The Morgan fingerprint density at radius 2 is 1.42 bits per heavy atom. The van der Waals surface area contributed by atoms with Gasteiger partial charge >= 0.3 is 130 Å². The number of nitrogens with zero attached hydrogens (tertiary/aromatic N) is 4. The van der Waals surface area contributed by atoms with Crippen LogP contribution in [0.3, 0.4) is 0 Å². The third-order valence-electron chi connectivity index (χ3n) is 11.5. The van der Waals surface area contributed by atoms with Crippen LogP contribution in [0, 0.1) is 25.9 Å². The molecule has 0 bridgehead atoms. The summed E-state index contributed by atoms with van der Waals surface area (Å²) in [6, 6.07) is 43.4. The van der Waals surface area contributed by atoms with Crippen LogP contribution in [0.5, 0.6) is 0 Å². The van der Waals surface area contributed by atoms with E-state index in [2.05, 4.69) is 154 Å². The first kappa shape index (κ1) is 40.9. The molecular formula is C55H56GeIrN4O-2. The second-order valence-corrected chi connectivity index (χ2v) is 28.6. The number of pyridine rings is 2. The molecule has 0 saturated carbocycles. The number of imidazole rings is 1. The van der Waals surface area contributed by atoms with Gasteiger partial charge in [-0.3, -0.25) is 4.98 Å². The van der Waals surface area contributed by atoms with Crippen molar-refractivity contribution >= 4 is 50.8 Å². The summed E-state index contributed by atoms with van der Waals surface area (Å²) in [4.78, 5) is 14.5. The van der Waals surface area contributed by atoms with E-state index in [1.54, 1.807) is 18.2 Å². The average Bonchev–Trinajstić information content (AvgIpc) is 3.85. The summed E-state index contributed by atoms with van der Waals surface area (Å²) in [5, 5.41) is 2.15. The van der Waals surface area contributed by atoms with Gasteiger partial charge in [-0.15, -0.1) is 18.2 Å². The molecule has 1 radical (unpaired) electrons. The number of hydrogen-bond donors (Lipinski definition) is 0. The molecule has 0 unspecified atom stereocenters. The Morgan fingerprint density at radius 3 is 2.06 bits per heavy atom. The Bertz CT molecular complexity index is 3100. The van der Waals surface area contributed by atoms with Crippen molar-refractivity contribution in [1.29, 1.82) is 0 Å². The molecule has 317 valence electrons. The van der Waals surface area contributed by atoms with Crippen molar-refractivity contribution in [3.05, 3.63) is 162 Å². The Balaban J connectivity index is 0.000000225. The zero-order valence-corrected chi connectivity index (χ0v) is 41.8. The van der Waals surface area contributed by atoms with Gasteiger partial charge in [0.15, 0.2) is 5.65 Å². The number of para-hydroxylation sites is 1. The molecule has 9 rings (SSSR count). The quantitative estimate of drug-likeness (QED) is 0.112. The summed E-state index contributed by atoms with van der Waals surface area (Å²) < 4.78 is 32.6. The van der Waals surface area contributed by atoms with E-state index in [1.165, 1.54) is 37.9 Å². The predicted octanol–water partition coefficient (Wildman–Crippen LogP) is 14.5. The monoisotopic (exact) mass is 1060 g/mol. The van der Waals surface area contributed by atoms with E-state index in [-0.39, 0.29) is 31.9 Å². The molecule has 4 heterocycles. The molecule has 0 N–H and O–H groups in total. The van der Waals surface area contributed by atoms with Gasteiger partial charge in [0.1, 0.15) is 5.58 Å². The van der Waals surface area contributed by atoms with Crippen molar-refractivity contribution in [1.82, 2.24) is 19.5 Å². The number of fused-ring (bicyclic) bond motifs is 4. The topological polar surface area (TPSA) is 56.7 Å². The van der Waals surface area contributed by atoms with Gasteiger partial charge in [0.25, 0.3) is 0 Å². The van der Waals surface area contributed by atoms with Crippen molar-refractivity contribution in [3.63, 3.8) is 0 Å². The standard InChI is InChI=1S/C37H32N3O.C18H24GeN.Ir/c1-22(2)30-20-26(25-12-7-6-8-13-25)21-31(23(3)4)34(30)40-33-24(5)18-19-38-36(33)39-37(40)29-16-11-15-28-27-14-9-10-17-32(27)41-35(28)29;1-13(2)16-11-18(15-9-7-14(3)8-10-15)20-12-17(16)19(4,5)6;/h6-15,17-23H,1-5H3;7-9,11-13H,1-6H3;/q2*-1;/i;3D3;. The molecule has 5 aromatic carbocycles. The molecule has 5 nitrogen and oxygen atoms in total. The van der Waals surface area contributed by atoms with Crippen LogP contribution < -0.4 is 4.40 Å². The Morgan fingerprint density at radius 1 is 0.726 bits per heavy atom. The first-order chi connectivity index (χ1) is 30.4. The normalized spacial score (nSPS) is 12.7. The minimum Gasteiger partial charge on any atom is 0 e. The largest absolute Gasteiger partial charge is 0 e. The molecular weight excluding hydrogens is 997 g/mol. The molecule has 0 aliphatic carbocycles. The number of hydrogen-bond acceptors (Lipinski definition) is 4. The second-order valence-electron chi connectivity index (χ2n) is 18.0. The molecule has 0 saturated heterocycles. The van der Waals surface area contributed by atoms with Crippen molar-refractivity contribution in [3.8, 4) is 39.5 Å². The predicted molar refractivity (Wildman–Crippen MR) is 259 cm³/mol. The van der Waals surface area contributed by atoms with Crippen molar-refractivity contribution in [2.45, 2.75) is 90.3 Å². The molecule has 0 amide bonds. The maximum atomic E-state index is 7.44. The molecule has 0 aliphatic heterocycles. The minimum absolute atomic E-state index is 0. The van der Waals surface area contributed by atoms with Crippen molar-refractivity contribution in [2.24, 2.45) is 0 Å². The SMILES string of the molecule is Cc1ccnc2nc(-c3[c-]ccc4c3oc3ccccc34)n(-c3c(C(C)C)cc(-c4ccccc4)cc3C(C)C)c12.[2H]C([2H])([2H])c1c[c-]c(-c2cc(C(C)C)[c]([Ge]([CH3])([CH3])[CH3])cn2)cc1.[Ir]. The van der Waals surface area contributed by atoms with Crippen LogP contribution in [0.2, 0.25) is 17.3 Å². The summed E-state index contributed by atoms with van der Waals surface area (Å²) in [5.41, 5.74) is 14.9. The minimum atomic E-state index is -2.09. The maximum Gasteiger partial charge on any atom is 0 e. The third kappa shape index (κ3) is 8.75. The summed E-state index contributed by atoms with van der Waals surface area (Å²) >= 11 is -1.97. The molecule has 4 aromatic heterocycles. The number of aryl methyl sites for hydroxylation is 2. The van der Waals surface area contributed by atoms with Crippen LogP contribution in [-0.4, -0.2) is 32.8 Å². The fourth-order valence-corrected chi connectivity index (χ4v) is 11.8. The van der Waals surface area contributed by atoms with Crippen LogP contribution in [-0.2, 0) is 20.1 Å². The van der Waals surface area contributed by atoms with E-state index in [0.29, 0.717) is 11.5 Å². The molecule has 0 fully saturated rings. The smallest absolute Gasteiger partial charge is 0 e. The molecule has 0 aliphatic rings. The van der Waals surface area contributed by atoms with E-state index in [1.807, 2.05) is 36.7 Å². The van der Waals surface area contributed by atoms with Crippen LogP contribution in [0.15, 0.2) is 126 Å². The fraction of sp³-hybridized carbons (Fsp3) is 0.255. The van der Waals surface area contributed by atoms with Gasteiger partial charge < -0.3 is 8.98 Å². The maximum absolute atomic E-state index is 7.44. The van der Waals surface area contributed by atoms with Crippen LogP contribution in [0.4, 0.5) is 0 Å². The molecule has 7 heteroatoms. The number of rotatable bonds is 8. The van der Waals surface area contributed by atoms with E-state index < -0.39 is 20.1 Å². The van der Waals surface area contributed by atoms with Crippen molar-refractivity contribution in [2.75, 3.05) is 0 Å². The van der Waals surface area contributed by atoms with Gasteiger partial charge in [0.2, 0.25) is 0 Å². The van der Waals surface area contributed by atoms with Crippen LogP contribution >= 0.6 is 0 Å². The van der Waals surface area contributed by atoms with E-state index in [9.17, 15) is 0 Å². The second kappa shape index (κ2) is 18.3. The molecule has 0 atom stereocenters. The zero-order valence-electron chi connectivity index (χ0n) is 40.3. The molecule has 0 spiro atoms. The zero-order chi connectivity index (χ0) is 45.7. The Hall–Kier alpha value is -5.14. The van der Waals surface area contributed by atoms with Crippen LogP contribution in [0.1, 0.15) is 91.2 Å². The van der Waals surface area contributed by atoms with Gasteiger partial charge in [-0.05, 0) is 70.8 Å². The Kier molecular flexibility index (Phi) is 12.1. The van der Waals surface area contributed by atoms with Gasteiger partial charge in [-0.25, -0.2) is 4.98 Å². The van der Waals surface area contributed by atoms with E-state index in [4.69, 9.17) is 18.5 Å². The first-order valence-electron chi connectivity index (χ1n) is 22.8. The summed E-state index contributed by atoms with van der Waals surface area (Å²) in [6.07, 6.45) is 3.87. The molecule has 9 aromatic rings. The van der Waals surface area contributed by atoms with E-state index >= 15 is 0 Å². The van der Waals surface area contributed by atoms with Crippen LogP contribution in [0.25, 0.3) is 72.6 Å². The van der Waals surface area contributed by atoms with Crippen molar-refractivity contribution < 1.29 is 28.6 Å². The van der Waals surface area contributed by atoms with E-state index in [0.717, 1.165) is 61.3 Å². The summed E-state index contributed by atoms with van der Waals surface area (Å²) in [7, 11) is 0. The third-order valence-corrected chi connectivity index (χ3v) is 15.8. The first-order valence-corrected chi connectivity index (χ1v) is 28.7. The van der Waals surface area contributed by atoms with Gasteiger partial charge in [0, 0.05) is 37.4 Å². The number of aromatic nitrogens is 4. The average molecular weight is 1060 g/mol. The Labute approximate surface area is 388 Å². The summed E-state index contributed by atoms with van der Waals surface area (Å²) in [6.45, 7) is 13.5. The molecule has 62 heavy (non-hydrogen) atoms. The number of furan rings is 1. The van der Waals surface area contributed by atoms with Gasteiger partial charge in [-0.1, -0.05) is 87.2 Å². The fourth-order valence-electron chi connectivity index (χ4n) is 8.31.